The molecule has 0 saturated carbocycles. The van der Waals surface area contributed by atoms with E-state index in [9.17, 15) is 9.59 Å². The molecule has 0 aliphatic rings. The van der Waals surface area contributed by atoms with Crippen LogP contribution in [0.25, 0.3) is 0 Å². The third-order valence-electron chi connectivity index (χ3n) is 2.05. The maximum atomic E-state index is 11.6. The van der Waals surface area contributed by atoms with Gasteiger partial charge in [0, 0.05) is 11.6 Å². The van der Waals surface area contributed by atoms with Gasteiger partial charge in [-0.15, -0.1) is 0 Å². The zero-order chi connectivity index (χ0) is 13.7. The molecular formula is C12H14Cl2N2O2. The number of anilines is 1. The number of rotatable bonds is 3. The topological polar surface area (TPSA) is 58.2 Å². The molecule has 0 fully saturated rings. The van der Waals surface area contributed by atoms with Crippen LogP contribution in [-0.2, 0) is 9.59 Å². The van der Waals surface area contributed by atoms with Gasteiger partial charge in [-0.1, -0.05) is 37.0 Å². The molecule has 18 heavy (non-hydrogen) atoms. The van der Waals surface area contributed by atoms with E-state index < -0.39 is 11.8 Å². The molecule has 0 spiro atoms. The van der Waals surface area contributed by atoms with E-state index in [1.165, 1.54) is 6.07 Å². The van der Waals surface area contributed by atoms with Crippen LogP contribution >= 0.6 is 23.2 Å². The van der Waals surface area contributed by atoms with Gasteiger partial charge in [0.1, 0.15) is 0 Å². The fourth-order valence-electron chi connectivity index (χ4n) is 1.15. The Labute approximate surface area is 116 Å². The highest BCUT2D eigenvalue weighted by atomic mass is 35.5. The van der Waals surface area contributed by atoms with Crippen molar-refractivity contribution < 1.29 is 9.59 Å². The van der Waals surface area contributed by atoms with Gasteiger partial charge < -0.3 is 10.6 Å². The Morgan fingerprint density at radius 2 is 1.89 bits per heavy atom. The van der Waals surface area contributed by atoms with Gasteiger partial charge in [0.05, 0.1) is 10.7 Å². The first-order chi connectivity index (χ1) is 8.40. The van der Waals surface area contributed by atoms with E-state index in [0.29, 0.717) is 22.3 Å². The number of hydrogen-bond donors (Lipinski definition) is 2. The highest BCUT2D eigenvalue weighted by Gasteiger charge is 2.15. The van der Waals surface area contributed by atoms with Crippen LogP contribution in [0.1, 0.15) is 13.8 Å². The van der Waals surface area contributed by atoms with Crippen molar-refractivity contribution in [2.75, 3.05) is 11.9 Å². The van der Waals surface area contributed by atoms with E-state index in [-0.39, 0.29) is 5.92 Å². The zero-order valence-electron chi connectivity index (χ0n) is 10.1. The van der Waals surface area contributed by atoms with Gasteiger partial charge >= 0.3 is 11.8 Å². The predicted molar refractivity (Wildman–Crippen MR) is 72.9 cm³/mol. The maximum absolute atomic E-state index is 11.6. The number of benzene rings is 1. The number of carbonyl (C=O) groups excluding carboxylic acids is 2. The third kappa shape index (κ3) is 4.55. The molecule has 2 amide bonds. The van der Waals surface area contributed by atoms with Crippen molar-refractivity contribution in [2.45, 2.75) is 13.8 Å². The largest absolute Gasteiger partial charge is 0.348 e. The normalized spacial score (nSPS) is 10.3. The summed E-state index contributed by atoms with van der Waals surface area (Å²) in [4.78, 5) is 23.0. The van der Waals surface area contributed by atoms with Crippen LogP contribution in [-0.4, -0.2) is 18.4 Å². The molecule has 0 radical (unpaired) electrons. The van der Waals surface area contributed by atoms with E-state index in [0.717, 1.165) is 0 Å². The van der Waals surface area contributed by atoms with Crippen molar-refractivity contribution in [3.05, 3.63) is 28.2 Å². The van der Waals surface area contributed by atoms with Gasteiger partial charge in [0.2, 0.25) is 0 Å². The summed E-state index contributed by atoms with van der Waals surface area (Å²) < 4.78 is 0. The molecule has 0 aromatic heterocycles. The van der Waals surface area contributed by atoms with Crippen LogP contribution in [0.15, 0.2) is 18.2 Å². The predicted octanol–water partition coefficient (Wildman–Crippen LogP) is 2.70. The highest BCUT2D eigenvalue weighted by Crippen LogP contribution is 2.25. The van der Waals surface area contributed by atoms with Gasteiger partial charge in [-0.05, 0) is 24.1 Å². The van der Waals surface area contributed by atoms with E-state index in [4.69, 9.17) is 23.2 Å². The summed E-state index contributed by atoms with van der Waals surface area (Å²) in [7, 11) is 0. The molecule has 1 aromatic carbocycles. The van der Waals surface area contributed by atoms with Gasteiger partial charge in [-0.2, -0.15) is 0 Å². The molecule has 0 aliphatic carbocycles. The highest BCUT2D eigenvalue weighted by molar-refractivity contribution is 6.42. The summed E-state index contributed by atoms with van der Waals surface area (Å²) >= 11 is 11.6. The number of nitrogens with one attached hydrogen (secondary N) is 2. The second-order valence-electron chi connectivity index (χ2n) is 4.18. The third-order valence-corrected chi connectivity index (χ3v) is 2.62. The van der Waals surface area contributed by atoms with E-state index in [1.807, 2.05) is 13.8 Å². The molecule has 0 saturated heterocycles. The summed E-state index contributed by atoms with van der Waals surface area (Å²) in [6, 6.07) is 4.63. The Bertz CT molecular complexity index is 461. The lowest BCUT2D eigenvalue weighted by atomic mass is 10.2. The Morgan fingerprint density at radius 3 is 2.50 bits per heavy atom. The Kier molecular flexibility index (Phi) is 5.44. The molecule has 6 heteroatoms. The Hall–Kier alpha value is -1.26. The average Bonchev–Trinajstić information content (AvgIpc) is 2.30. The molecule has 1 aromatic rings. The van der Waals surface area contributed by atoms with Gasteiger partial charge in [0.15, 0.2) is 0 Å². The Morgan fingerprint density at radius 1 is 1.22 bits per heavy atom. The molecule has 0 bridgehead atoms. The monoisotopic (exact) mass is 288 g/mol. The summed E-state index contributed by atoms with van der Waals surface area (Å²) in [5.74, 6) is -1.18. The first kappa shape index (κ1) is 14.8. The van der Waals surface area contributed by atoms with Crippen molar-refractivity contribution >= 4 is 40.7 Å². The number of hydrogen-bond acceptors (Lipinski definition) is 2. The Balaban J connectivity index is 2.64. The van der Waals surface area contributed by atoms with Crippen molar-refractivity contribution in [3.63, 3.8) is 0 Å². The second-order valence-corrected chi connectivity index (χ2v) is 5.03. The minimum absolute atomic E-state index is 0.275. The number of carbonyl (C=O) groups is 2. The van der Waals surface area contributed by atoms with Crippen LogP contribution in [0.5, 0.6) is 0 Å². The number of halogens is 2. The smallest absolute Gasteiger partial charge is 0.313 e. The lowest BCUT2D eigenvalue weighted by Gasteiger charge is -2.09. The first-order valence-electron chi connectivity index (χ1n) is 5.44. The average molecular weight is 289 g/mol. The van der Waals surface area contributed by atoms with Gasteiger partial charge in [0.25, 0.3) is 0 Å². The van der Waals surface area contributed by atoms with Crippen LogP contribution < -0.4 is 10.6 Å². The molecule has 0 unspecified atom stereocenters. The molecule has 98 valence electrons. The maximum Gasteiger partial charge on any atom is 0.313 e. The standard InChI is InChI=1S/C12H14Cl2N2O2/c1-7(2)6-15-11(17)12(18)16-10-5-8(13)3-4-9(10)14/h3-5,7H,6H2,1-2H3,(H,15,17)(H,16,18). The van der Waals surface area contributed by atoms with Crippen LogP contribution in [0.3, 0.4) is 0 Å². The van der Waals surface area contributed by atoms with Gasteiger partial charge in [-0.3, -0.25) is 9.59 Å². The molecule has 4 nitrogen and oxygen atoms in total. The molecule has 0 heterocycles. The summed E-state index contributed by atoms with van der Waals surface area (Å²) in [6.45, 7) is 4.31. The SMILES string of the molecule is CC(C)CNC(=O)C(=O)Nc1cc(Cl)ccc1Cl. The minimum atomic E-state index is -0.764. The van der Waals surface area contributed by atoms with E-state index in [2.05, 4.69) is 10.6 Å². The fraction of sp³-hybridized carbons (Fsp3) is 0.333. The quantitative estimate of drug-likeness (QED) is 0.840. The minimum Gasteiger partial charge on any atom is -0.348 e. The zero-order valence-corrected chi connectivity index (χ0v) is 11.6. The van der Waals surface area contributed by atoms with Crippen LogP contribution in [0.2, 0.25) is 10.0 Å². The fourth-order valence-corrected chi connectivity index (χ4v) is 1.49. The summed E-state index contributed by atoms with van der Waals surface area (Å²) in [5.41, 5.74) is 0.314. The molecule has 2 N–H and O–H groups in total. The summed E-state index contributed by atoms with van der Waals surface area (Å²) in [6.07, 6.45) is 0. The first-order valence-corrected chi connectivity index (χ1v) is 6.20. The van der Waals surface area contributed by atoms with Crippen molar-refractivity contribution in [3.8, 4) is 0 Å². The van der Waals surface area contributed by atoms with E-state index >= 15 is 0 Å². The lowest BCUT2D eigenvalue weighted by Crippen LogP contribution is -2.37. The van der Waals surface area contributed by atoms with Crippen molar-refractivity contribution in [1.82, 2.24) is 5.32 Å². The second kappa shape index (κ2) is 6.61. The van der Waals surface area contributed by atoms with Crippen molar-refractivity contribution in [2.24, 2.45) is 5.92 Å². The molecule has 0 aliphatic heterocycles. The van der Waals surface area contributed by atoms with E-state index in [1.54, 1.807) is 12.1 Å². The van der Waals surface area contributed by atoms with Gasteiger partial charge in [-0.25, -0.2) is 0 Å². The molecule has 1 rings (SSSR count). The molecular weight excluding hydrogens is 275 g/mol. The lowest BCUT2D eigenvalue weighted by molar-refractivity contribution is -0.136. The number of amides is 2. The van der Waals surface area contributed by atoms with Crippen LogP contribution in [0.4, 0.5) is 5.69 Å². The van der Waals surface area contributed by atoms with Crippen molar-refractivity contribution in [1.29, 1.82) is 0 Å². The molecule has 0 atom stereocenters. The van der Waals surface area contributed by atoms with Crippen LogP contribution in [0, 0.1) is 5.92 Å². The summed E-state index contributed by atoms with van der Waals surface area (Å²) in [5, 5.41) is 5.67.